The highest BCUT2D eigenvalue weighted by Gasteiger charge is 2.22. The predicted octanol–water partition coefficient (Wildman–Crippen LogP) is 2.86. The minimum absolute atomic E-state index is 0.321. The summed E-state index contributed by atoms with van der Waals surface area (Å²) >= 11 is 0. The summed E-state index contributed by atoms with van der Waals surface area (Å²) in [6.07, 6.45) is 4.39. The number of aliphatic imine (C=N–C) groups is 1. The average Bonchev–Trinajstić information content (AvgIpc) is 3.32. The molecule has 30 heavy (non-hydrogen) atoms. The van der Waals surface area contributed by atoms with Crippen molar-refractivity contribution in [2.24, 2.45) is 4.99 Å². The molecule has 0 aliphatic carbocycles. The molecule has 1 aromatic heterocycles. The van der Waals surface area contributed by atoms with E-state index < -0.39 is 11.6 Å². The molecule has 0 bridgehead atoms. The van der Waals surface area contributed by atoms with Crippen molar-refractivity contribution in [3.63, 3.8) is 0 Å². The number of rotatable bonds is 4. The van der Waals surface area contributed by atoms with E-state index in [2.05, 4.69) is 37.2 Å². The van der Waals surface area contributed by atoms with Gasteiger partial charge in [-0.15, -0.1) is 0 Å². The predicted molar refractivity (Wildman–Crippen MR) is 116 cm³/mol. The molecule has 0 spiro atoms. The molecule has 2 fully saturated rings. The molecule has 1 aromatic carbocycles. The summed E-state index contributed by atoms with van der Waals surface area (Å²) in [5, 5.41) is 3.39. The fourth-order valence-electron chi connectivity index (χ4n) is 4.06. The Labute approximate surface area is 176 Å². The van der Waals surface area contributed by atoms with E-state index >= 15 is 0 Å². The van der Waals surface area contributed by atoms with Gasteiger partial charge in [-0.3, -0.25) is 4.99 Å². The molecule has 0 atom stereocenters. The number of nitrogens with zero attached hydrogens (tertiary/aromatic N) is 5. The van der Waals surface area contributed by atoms with E-state index in [9.17, 15) is 8.78 Å². The van der Waals surface area contributed by atoms with Crippen LogP contribution in [0.2, 0.25) is 0 Å². The fraction of sp³-hybridized carbons (Fsp3) is 0.455. The normalized spacial score (nSPS) is 17.6. The number of anilines is 2. The minimum atomic E-state index is -0.421. The van der Waals surface area contributed by atoms with E-state index in [-0.39, 0.29) is 0 Å². The zero-order valence-corrected chi connectivity index (χ0v) is 17.3. The lowest BCUT2D eigenvalue weighted by Crippen LogP contribution is -2.52. The van der Waals surface area contributed by atoms with Gasteiger partial charge in [0.15, 0.2) is 5.96 Å². The van der Waals surface area contributed by atoms with Crippen LogP contribution in [0.5, 0.6) is 0 Å². The summed E-state index contributed by atoms with van der Waals surface area (Å²) in [5.74, 6) is 1.03. The maximum Gasteiger partial charge on any atom is 0.194 e. The molecule has 8 heteroatoms. The molecule has 2 aliphatic rings. The van der Waals surface area contributed by atoms with E-state index in [0.717, 1.165) is 36.5 Å². The molecule has 0 amide bonds. The molecule has 6 nitrogen and oxygen atoms in total. The van der Waals surface area contributed by atoms with E-state index in [0.29, 0.717) is 38.4 Å². The summed E-state index contributed by atoms with van der Waals surface area (Å²) in [7, 11) is 1.76. The quantitative estimate of drug-likeness (QED) is 0.616. The van der Waals surface area contributed by atoms with Gasteiger partial charge in [0, 0.05) is 65.1 Å². The number of hydrogen-bond acceptors (Lipinski definition) is 4. The van der Waals surface area contributed by atoms with Crippen LogP contribution in [-0.2, 0) is 6.54 Å². The van der Waals surface area contributed by atoms with Gasteiger partial charge in [0.05, 0.1) is 5.69 Å². The van der Waals surface area contributed by atoms with Crippen molar-refractivity contribution in [3.05, 3.63) is 53.7 Å². The fourth-order valence-corrected chi connectivity index (χ4v) is 4.06. The molecule has 160 valence electrons. The van der Waals surface area contributed by atoms with Crippen molar-refractivity contribution >= 4 is 17.5 Å². The van der Waals surface area contributed by atoms with Crippen LogP contribution in [0, 0.1) is 11.6 Å². The molecule has 2 aliphatic heterocycles. The summed E-state index contributed by atoms with van der Waals surface area (Å²) in [4.78, 5) is 15.3. The zero-order valence-electron chi connectivity index (χ0n) is 17.3. The number of aromatic nitrogens is 1. The first-order valence-corrected chi connectivity index (χ1v) is 10.5. The van der Waals surface area contributed by atoms with E-state index in [4.69, 9.17) is 0 Å². The smallest absolute Gasteiger partial charge is 0.194 e. The summed E-state index contributed by atoms with van der Waals surface area (Å²) in [5.41, 5.74) is 1.42. The van der Waals surface area contributed by atoms with Gasteiger partial charge < -0.3 is 20.0 Å². The van der Waals surface area contributed by atoms with Crippen LogP contribution in [0.3, 0.4) is 0 Å². The number of pyridine rings is 1. The minimum Gasteiger partial charge on any atom is -0.366 e. The Kier molecular flexibility index (Phi) is 6.30. The summed E-state index contributed by atoms with van der Waals surface area (Å²) in [6.45, 7) is 5.38. The molecule has 2 saturated heterocycles. The second-order valence-corrected chi connectivity index (χ2v) is 7.69. The summed E-state index contributed by atoms with van der Waals surface area (Å²) < 4.78 is 27.5. The molecular formula is C22H28F2N6. The van der Waals surface area contributed by atoms with Crippen LogP contribution < -0.4 is 15.1 Å². The van der Waals surface area contributed by atoms with Crippen molar-refractivity contribution in [1.29, 1.82) is 0 Å². The monoisotopic (exact) mass is 414 g/mol. The van der Waals surface area contributed by atoms with Crippen LogP contribution in [0.15, 0.2) is 41.5 Å². The van der Waals surface area contributed by atoms with Crippen molar-refractivity contribution < 1.29 is 8.78 Å². The molecular weight excluding hydrogens is 386 g/mol. The van der Waals surface area contributed by atoms with Gasteiger partial charge in [-0.1, -0.05) is 6.07 Å². The third kappa shape index (κ3) is 4.63. The second-order valence-electron chi connectivity index (χ2n) is 7.69. The maximum atomic E-state index is 14.0. The van der Waals surface area contributed by atoms with Crippen LogP contribution >= 0.6 is 0 Å². The lowest BCUT2D eigenvalue weighted by Gasteiger charge is -2.37. The highest BCUT2D eigenvalue weighted by Crippen LogP contribution is 2.22. The first-order valence-electron chi connectivity index (χ1n) is 10.5. The molecule has 3 heterocycles. The van der Waals surface area contributed by atoms with Gasteiger partial charge in [0.2, 0.25) is 0 Å². The van der Waals surface area contributed by atoms with Crippen molar-refractivity contribution in [3.8, 4) is 0 Å². The standard InChI is InChI=1S/C22H28F2N6/c1-25-22(27-16-17-4-7-21(26-15-17)29-8-2-3-9-29)30-12-10-28(11-13-30)20-14-18(23)5-6-19(20)24/h4-7,14-15H,2-3,8-13,16H2,1H3,(H,25,27). The topological polar surface area (TPSA) is 47.0 Å². The number of piperazine rings is 1. The number of halogens is 2. The Bertz CT molecular complexity index is 872. The van der Waals surface area contributed by atoms with Crippen LogP contribution in [0.4, 0.5) is 20.3 Å². The largest absolute Gasteiger partial charge is 0.366 e. The third-order valence-electron chi connectivity index (χ3n) is 5.73. The maximum absolute atomic E-state index is 14.0. The van der Waals surface area contributed by atoms with Crippen LogP contribution in [0.1, 0.15) is 18.4 Å². The van der Waals surface area contributed by atoms with Crippen molar-refractivity contribution in [2.45, 2.75) is 19.4 Å². The highest BCUT2D eigenvalue weighted by molar-refractivity contribution is 5.80. The Morgan fingerprint density at radius 3 is 2.43 bits per heavy atom. The average molecular weight is 415 g/mol. The molecule has 1 N–H and O–H groups in total. The van der Waals surface area contributed by atoms with Crippen molar-refractivity contribution in [1.82, 2.24) is 15.2 Å². The number of nitrogens with one attached hydrogen (secondary N) is 1. The molecule has 2 aromatic rings. The number of benzene rings is 1. The third-order valence-corrected chi connectivity index (χ3v) is 5.73. The lowest BCUT2D eigenvalue weighted by atomic mass is 10.2. The van der Waals surface area contributed by atoms with E-state index in [1.165, 1.54) is 25.0 Å². The van der Waals surface area contributed by atoms with Crippen molar-refractivity contribution in [2.75, 3.05) is 56.1 Å². The van der Waals surface area contributed by atoms with Gasteiger partial charge in [-0.05, 0) is 36.6 Å². The van der Waals surface area contributed by atoms with Gasteiger partial charge in [0.1, 0.15) is 17.5 Å². The van der Waals surface area contributed by atoms with E-state index in [1.807, 2.05) is 11.1 Å². The molecule has 0 unspecified atom stereocenters. The lowest BCUT2D eigenvalue weighted by molar-refractivity contribution is 0.370. The summed E-state index contributed by atoms with van der Waals surface area (Å²) in [6, 6.07) is 7.77. The van der Waals surface area contributed by atoms with Gasteiger partial charge in [-0.25, -0.2) is 13.8 Å². The van der Waals surface area contributed by atoms with Gasteiger partial charge in [0.25, 0.3) is 0 Å². The van der Waals surface area contributed by atoms with Crippen LogP contribution in [-0.4, -0.2) is 62.2 Å². The van der Waals surface area contributed by atoms with Gasteiger partial charge >= 0.3 is 0 Å². The first-order chi connectivity index (χ1) is 14.6. The van der Waals surface area contributed by atoms with Crippen LogP contribution in [0.25, 0.3) is 0 Å². The highest BCUT2D eigenvalue weighted by atomic mass is 19.1. The van der Waals surface area contributed by atoms with E-state index in [1.54, 1.807) is 7.05 Å². The Balaban J connectivity index is 1.30. The first kappa shape index (κ1) is 20.4. The Hall–Kier alpha value is -2.90. The van der Waals surface area contributed by atoms with Gasteiger partial charge in [-0.2, -0.15) is 0 Å². The number of hydrogen-bond donors (Lipinski definition) is 1. The number of guanidine groups is 1. The Morgan fingerprint density at radius 1 is 1.00 bits per heavy atom. The molecule has 0 saturated carbocycles. The second kappa shape index (κ2) is 9.28. The Morgan fingerprint density at radius 2 is 1.77 bits per heavy atom. The molecule has 0 radical (unpaired) electrons. The molecule has 4 rings (SSSR count). The SMILES string of the molecule is CN=C(NCc1ccc(N2CCCC2)nc1)N1CCN(c2cc(F)ccc2F)CC1. The zero-order chi connectivity index (χ0) is 20.9.